The molecule has 1 aromatic rings. The quantitative estimate of drug-likeness (QED) is 0.576. The molecule has 3 heterocycles. The largest absolute Gasteiger partial charge is 0.497 e. The van der Waals surface area contributed by atoms with Crippen LogP contribution in [0.25, 0.3) is 0 Å². The van der Waals surface area contributed by atoms with Gasteiger partial charge in [-0.3, -0.25) is 9.59 Å². The lowest BCUT2D eigenvalue weighted by Gasteiger charge is -2.53. The number of ether oxygens (including phenoxy) is 4. The number of methoxy groups -OCH3 is 1. The smallest absolute Gasteiger partial charge is 0.408 e. The fourth-order valence-corrected chi connectivity index (χ4v) is 5.83. The Hall–Kier alpha value is -3.01. The van der Waals surface area contributed by atoms with Crippen LogP contribution in [0.3, 0.4) is 0 Å². The van der Waals surface area contributed by atoms with Crippen LogP contribution in [0.5, 0.6) is 11.5 Å². The van der Waals surface area contributed by atoms with Crippen molar-refractivity contribution in [1.29, 1.82) is 0 Å². The van der Waals surface area contributed by atoms with E-state index >= 15 is 0 Å². The number of alkyl carbamates (subject to hydrolysis) is 1. The summed E-state index contributed by atoms with van der Waals surface area (Å²) >= 11 is 0. The topological polar surface area (TPSA) is 129 Å². The normalized spacial score (nSPS) is 26.5. The van der Waals surface area contributed by atoms with Gasteiger partial charge in [-0.15, -0.1) is 0 Å². The fraction of sp³-hybridized carbons (Fsp3) is 0.679. The van der Waals surface area contributed by atoms with Gasteiger partial charge in [0.1, 0.15) is 28.7 Å². The summed E-state index contributed by atoms with van der Waals surface area (Å²) < 4.78 is 23.9. The van der Waals surface area contributed by atoms with Gasteiger partial charge in [-0.05, 0) is 66.0 Å². The molecule has 2 fully saturated rings. The van der Waals surface area contributed by atoms with E-state index in [1.165, 1.54) is 0 Å². The van der Waals surface area contributed by atoms with Gasteiger partial charge in [-0.1, -0.05) is 0 Å². The van der Waals surface area contributed by atoms with Crippen LogP contribution in [0, 0.1) is 11.8 Å². The van der Waals surface area contributed by atoms with E-state index in [0.717, 1.165) is 23.5 Å². The predicted octanol–water partition coefficient (Wildman–Crippen LogP) is 3.32. The van der Waals surface area contributed by atoms with Crippen LogP contribution in [-0.2, 0) is 19.1 Å². The number of carbonyl (C=O) groups excluding carboxylic acids is 3. The van der Waals surface area contributed by atoms with Crippen molar-refractivity contribution < 1.29 is 33.3 Å². The summed E-state index contributed by atoms with van der Waals surface area (Å²) in [6.45, 7) is 10.4. The van der Waals surface area contributed by atoms with Crippen molar-refractivity contribution >= 4 is 17.9 Å². The highest BCUT2D eigenvalue weighted by Gasteiger charge is 2.52. The molecule has 4 rings (SSSR count). The molecule has 10 heteroatoms. The Labute approximate surface area is 224 Å². The number of hydrogen-bond donors (Lipinski definition) is 2. The van der Waals surface area contributed by atoms with Crippen LogP contribution in [0.4, 0.5) is 4.79 Å². The Morgan fingerprint density at radius 2 is 2.00 bits per heavy atom. The lowest BCUT2D eigenvalue weighted by molar-refractivity contribution is -0.189. The van der Waals surface area contributed by atoms with Crippen LogP contribution in [0.15, 0.2) is 18.2 Å². The number of benzene rings is 1. The highest BCUT2D eigenvalue weighted by atomic mass is 16.6. The van der Waals surface area contributed by atoms with Gasteiger partial charge in [-0.25, -0.2) is 4.79 Å². The van der Waals surface area contributed by atoms with Gasteiger partial charge in [0.25, 0.3) is 0 Å². The van der Waals surface area contributed by atoms with Crippen molar-refractivity contribution in [3.63, 3.8) is 0 Å². The van der Waals surface area contributed by atoms with E-state index in [9.17, 15) is 14.4 Å². The summed E-state index contributed by atoms with van der Waals surface area (Å²) in [5.41, 5.74) is 5.18. The van der Waals surface area contributed by atoms with Gasteiger partial charge in [0.15, 0.2) is 0 Å². The molecular formula is C28H41N3O7. The highest BCUT2D eigenvalue weighted by Crippen LogP contribution is 2.53. The Morgan fingerprint density at radius 1 is 1.26 bits per heavy atom. The maximum Gasteiger partial charge on any atom is 0.408 e. The second-order valence-corrected chi connectivity index (χ2v) is 12.1. The zero-order chi connectivity index (χ0) is 27.8. The Balaban J connectivity index is 1.47. The Kier molecular flexibility index (Phi) is 7.84. The van der Waals surface area contributed by atoms with Crippen LogP contribution < -0.4 is 20.5 Å². The number of hydrogen-bond acceptors (Lipinski definition) is 7. The molecule has 38 heavy (non-hydrogen) atoms. The summed E-state index contributed by atoms with van der Waals surface area (Å²) in [6, 6.07) is 4.96. The molecule has 3 amide bonds. The predicted molar refractivity (Wildman–Crippen MR) is 140 cm³/mol. The molecule has 1 aromatic carbocycles. The summed E-state index contributed by atoms with van der Waals surface area (Å²) in [6.07, 6.45) is 0.821. The van der Waals surface area contributed by atoms with Crippen LogP contribution in [0.1, 0.15) is 72.0 Å². The number of amides is 3. The number of carbonyl (C=O) groups is 3. The number of nitrogens with zero attached hydrogens (tertiary/aromatic N) is 1. The second-order valence-electron chi connectivity index (χ2n) is 12.1. The molecular weight excluding hydrogens is 490 g/mol. The number of nitrogens with one attached hydrogen (secondary N) is 1. The molecule has 0 spiro atoms. The maximum atomic E-state index is 13.5. The zero-order valence-electron chi connectivity index (χ0n) is 23.2. The van der Waals surface area contributed by atoms with Gasteiger partial charge >= 0.3 is 6.09 Å². The van der Waals surface area contributed by atoms with Gasteiger partial charge in [0.05, 0.1) is 19.3 Å². The molecule has 3 N–H and O–H groups in total. The highest BCUT2D eigenvalue weighted by molar-refractivity contribution is 5.86. The number of nitrogens with two attached hydrogens (primary N) is 1. The summed E-state index contributed by atoms with van der Waals surface area (Å²) in [7, 11) is 1.64. The van der Waals surface area contributed by atoms with Crippen LogP contribution in [0.2, 0.25) is 0 Å². The van der Waals surface area contributed by atoms with Gasteiger partial charge in [0, 0.05) is 43.0 Å². The third-order valence-electron chi connectivity index (χ3n) is 7.68. The number of rotatable bonds is 6. The summed E-state index contributed by atoms with van der Waals surface area (Å²) in [5.74, 6) is 0.975. The minimum atomic E-state index is -0.900. The van der Waals surface area contributed by atoms with Gasteiger partial charge < -0.3 is 34.9 Å². The molecule has 0 aromatic heterocycles. The van der Waals surface area contributed by atoms with Crippen molar-refractivity contribution in [2.24, 2.45) is 17.6 Å². The summed E-state index contributed by atoms with van der Waals surface area (Å²) in [4.78, 5) is 39.2. The van der Waals surface area contributed by atoms with E-state index in [0.29, 0.717) is 19.5 Å². The van der Waals surface area contributed by atoms with Crippen molar-refractivity contribution in [2.45, 2.75) is 89.8 Å². The Bertz CT molecular complexity index is 1070. The van der Waals surface area contributed by atoms with E-state index < -0.39 is 29.2 Å². The van der Waals surface area contributed by atoms with Gasteiger partial charge in [-0.2, -0.15) is 0 Å². The molecule has 0 aliphatic carbocycles. The fourth-order valence-electron chi connectivity index (χ4n) is 5.83. The van der Waals surface area contributed by atoms with Crippen LogP contribution in [-0.4, -0.2) is 66.4 Å². The molecule has 210 valence electrons. The average molecular weight is 532 g/mol. The molecule has 2 saturated heterocycles. The molecule has 0 saturated carbocycles. The Morgan fingerprint density at radius 3 is 2.66 bits per heavy atom. The molecule has 3 aliphatic heterocycles. The van der Waals surface area contributed by atoms with Crippen molar-refractivity contribution in [3.8, 4) is 11.5 Å². The molecule has 3 aliphatic rings. The molecule has 10 nitrogen and oxygen atoms in total. The lowest BCUT2D eigenvalue weighted by Crippen LogP contribution is -2.58. The average Bonchev–Trinajstić information content (AvgIpc) is 2.83. The number of piperidine rings is 1. The van der Waals surface area contributed by atoms with E-state index in [1.807, 2.05) is 18.2 Å². The number of primary amides is 1. The van der Waals surface area contributed by atoms with Crippen molar-refractivity contribution in [2.75, 3.05) is 20.2 Å². The van der Waals surface area contributed by atoms with E-state index in [2.05, 4.69) is 19.2 Å². The maximum absolute atomic E-state index is 13.5. The van der Waals surface area contributed by atoms with Crippen molar-refractivity contribution in [3.05, 3.63) is 23.8 Å². The van der Waals surface area contributed by atoms with E-state index in [-0.39, 0.29) is 42.8 Å². The molecule has 0 radical (unpaired) electrons. The standard InChI is InChI=1S/C28H41N3O7/c1-27(2,3)38-26(34)30-20(9-10-23(29)32)25(33)31-12-11-21-16(15-31)13-19-24(36-21)18-8-7-17(35-6)14-22(18)37-28(19,4)5/h7-8,14,16,19-21,24H,9-13,15H2,1-6H3,(H2,29,32)(H,30,34)/t16-,19+,20-,21+,24-/m0/s1. The third-order valence-corrected chi connectivity index (χ3v) is 7.68. The first-order chi connectivity index (χ1) is 17.8. The second kappa shape index (κ2) is 10.6. The molecule has 0 unspecified atom stereocenters. The zero-order valence-corrected chi connectivity index (χ0v) is 23.2. The number of likely N-dealkylation sites (tertiary alicyclic amines) is 1. The molecule has 5 atom stereocenters. The first-order valence-electron chi connectivity index (χ1n) is 13.4. The van der Waals surface area contributed by atoms with Crippen LogP contribution >= 0.6 is 0 Å². The first-order valence-corrected chi connectivity index (χ1v) is 13.4. The summed E-state index contributed by atoms with van der Waals surface area (Å²) in [5, 5.41) is 2.66. The third kappa shape index (κ3) is 6.17. The minimum absolute atomic E-state index is 0.00652. The van der Waals surface area contributed by atoms with Crippen molar-refractivity contribution in [1.82, 2.24) is 10.2 Å². The number of fused-ring (bicyclic) bond motifs is 4. The van der Waals surface area contributed by atoms with Gasteiger partial charge in [0.2, 0.25) is 11.8 Å². The van der Waals surface area contributed by atoms with E-state index in [1.54, 1.807) is 32.8 Å². The lowest BCUT2D eigenvalue weighted by atomic mass is 9.70. The first kappa shape index (κ1) is 28.0. The monoisotopic (exact) mass is 531 g/mol. The SMILES string of the molecule is COc1ccc2c(c1)OC(C)(C)[C@@H]1C[C@H]3CN(C(=O)[C@H](CCC(N)=O)NC(=O)OC(C)(C)C)CC[C@H]3O[C@@H]21. The molecule has 0 bridgehead atoms. The minimum Gasteiger partial charge on any atom is -0.497 e. The van der Waals surface area contributed by atoms with E-state index in [4.69, 9.17) is 24.7 Å².